The molecule has 34 heavy (non-hydrogen) atoms. The lowest BCUT2D eigenvalue weighted by molar-refractivity contribution is 0.187. The molecule has 0 spiro atoms. The van der Waals surface area contributed by atoms with Crippen molar-refractivity contribution in [3.63, 3.8) is 0 Å². The molecule has 4 rings (SSSR count). The molecule has 2 aliphatic rings. The summed E-state index contributed by atoms with van der Waals surface area (Å²) in [6, 6.07) is 19.5. The summed E-state index contributed by atoms with van der Waals surface area (Å²) in [5, 5.41) is 9.06. The number of halogens is 1. The molecule has 0 aliphatic heterocycles. The Balaban J connectivity index is 1.34. The lowest BCUT2D eigenvalue weighted by atomic mass is 9.77. The highest BCUT2D eigenvalue weighted by molar-refractivity contribution is 6.30. The van der Waals surface area contributed by atoms with Gasteiger partial charge in [0, 0.05) is 16.1 Å². The number of nitrogens with one attached hydrogen (secondary N) is 2. The van der Waals surface area contributed by atoms with Gasteiger partial charge in [0.05, 0.1) is 6.04 Å². The molecule has 2 aromatic carbocycles. The molecule has 2 saturated carbocycles. The van der Waals surface area contributed by atoms with Gasteiger partial charge in [-0.2, -0.15) is 0 Å². The Morgan fingerprint density at radius 2 is 1.44 bits per heavy atom. The van der Waals surface area contributed by atoms with Crippen LogP contribution < -0.4 is 10.6 Å². The highest BCUT2D eigenvalue weighted by atomic mass is 35.5. The van der Waals surface area contributed by atoms with Crippen LogP contribution in [0.15, 0.2) is 54.6 Å². The van der Waals surface area contributed by atoms with Crippen molar-refractivity contribution in [3.05, 3.63) is 70.7 Å². The third kappa shape index (κ3) is 6.86. The highest BCUT2D eigenvalue weighted by Gasteiger charge is 2.51. The zero-order valence-corrected chi connectivity index (χ0v) is 22.0. The highest BCUT2D eigenvalue weighted by Crippen LogP contribution is 2.49. The molecule has 0 radical (unpaired) electrons. The second-order valence-corrected chi connectivity index (χ2v) is 11.5. The van der Waals surface area contributed by atoms with Crippen molar-refractivity contribution in [1.82, 2.24) is 10.6 Å². The average molecular weight is 481 g/mol. The van der Waals surface area contributed by atoms with Crippen LogP contribution in [-0.2, 0) is 0 Å². The Kier molecular flexibility index (Phi) is 9.51. The van der Waals surface area contributed by atoms with Crippen LogP contribution >= 0.6 is 11.6 Å². The fourth-order valence-corrected chi connectivity index (χ4v) is 6.74. The number of benzene rings is 2. The van der Waals surface area contributed by atoms with Gasteiger partial charge >= 0.3 is 0 Å². The van der Waals surface area contributed by atoms with Crippen LogP contribution in [0.4, 0.5) is 0 Å². The van der Waals surface area contributed by atoms with Crippen LogP contribution in [0.2, 0.25) is 5.02 Å². The van der Waals surface area contributed by atoms with E-state index in [1.807, 2.05) is 6.07 Å². The van der Waals surface area contributed by atoms with E-state index in [1.54, 1.807) is 0 Å². The molecule has 0 saturated heterocycles. The van der Waals surface area contributed by atoms with Crippen molar-refractivity contribution < 1.29 is 0 Å². The summed E-state index contributed by atoms with van der Waals surface area (Å²) >= 11 is 6.41. The fraction of sp³-hybridized carbons (Fsp3) is 0.613. The standard InChI is InChI=1S/C31H45ClN2/c1-2-3-4-5-6-7-8-12-23-33-30-19-14-20-31(25-30,22-21-30)34-29(26-15-10-9-11-16-26)27-17-13-18-28(32)24-27/h9-11,13,15-18,24,29,33-34H,2-8,12,14,19-23,25H2,1H3/t29?,30-,31+/m0/s1. The minimum absolute atomic E-state index is 0.182. The molecule has 186 valence electrons. The Morgan fingerprint density at radius 3 is 2.21 bits per heavy atom. The van der Waals surface area contributed by atoms with E-state index in [1.165, 1.54) is 108 Å². The first-order valence-electron chi connectivity index (χ1n) is 14.0. The summed E-state index contributed by atoms with van der Waals surface area (Å²) in [6.45, 7) is 3.48. The first kappa shape index (κ1) is 25.7. The van der Waals surface area contributed by atoms with E-state index in [0.29, 0.717) is 5.54 Å². The molecule has 2 fully saturated rings. The zero-order chi connectivity index (χ0) is 23.7. The van der Waals surface area contributed by atoms with E-state index in [0.717, 1.165) is 5.02 Å². The van der Waals surface area contributed by atoms with Crippen LogP contribution in [0.1, 0.15) is 114 Å². The largest absolute Gasteiger partial charge is 0.311 e. The molecule has 1 unspecified atom stereocenters. The number of fused-ring (bicyclic) bond motifs is 2. The van der Waals surface area contributed by atoms with E-state index in [-0.39, 0.29) is 11.6 Å². The minimum atomic E-state index is 0.182. The monoisotopic (exact) mass is 480 g/mol. The van der Waals surface area contributed by atoms with Crippen molar-refractivity contribution >= 4 is 11.6 Å². The molecule has 0 heterocycles. The molecule has 0 aromatic heterocycles. The van der Waals surface area contributed by atoms with Crippen molar-refractivity contribution in [2.45, 2.75) is 114 Å². The second kappa shape index (κ2) is 12.6. The van der Waals surface area contributed by atoms with Crippen molar-refractivity contribution in [2.75, 3.05) is 6.54 Å². The van der Waals surface area contributed by atoms with Crippen molar-refractivity contribution in [3.8, 4) is 0 Å². The number of unbranched alkanes of at least 4 members (excludes halogenated alkanes) is 7. The quantitative estimate of drug-likeness (QED) is 0.264. The Bertz CT molecular complexity index is 869. The predicted octanol–water partition coefficient (Wildman–Crippen LogP) is 8.59. The molecule has 2 aromatic rings. The maximum absolute atomic E-state index is 6.41. The van der Waals surface area contributed by atoms with Crippen molar-refractivity contribution in [1.29, 1.82) is 0 Å². The van der Waals surface area contributed by atoms with E-state index >= 15 is 0 Å². The molecule has 2 nitrogen and oxygen atoms in total. The van der Waals surface area contributed by atoms with Gasteiger partial charge in [0.15, 0.2) is 0 Å². The molecule has 3 heteroatoms. The minimum Gasteiger partial charge on any atom is -0.311 e. The molecule has 0 amide bonds. The maximum Gasteiger partial charge on any atom is 0.0581 e. The molecular formula is C31H45ClN2. The Labute approximate surface area is 213 Å². The van der Waals surface area contributed by atoms with Gasteiger partial charge < -0.3 is 10.6 Å². The van der Waals surface area contributed by atoms with Gasteiger partial charge in [0.2, 0.25) is 0 Å². The summed E-state index contributed by atoms with van der Waals surface area (Å²) in [4.78, 5) is 0. The lowest BCUT2D eigenvalue weighted by Crippen LogP contribution is -2.53. The zero-order valence-electron chi connectivity index (χ0n) is 21.3. The molecule has 2 N–H and O–H groups in total. The predicted molar refractivity (Wildman–Crippen MR) is 147 cm³/mol. The third-order valence-corrected chi connectivity index (χ3v) is 8.60. The molecule has 3 atom stereocenters. The van der Waals surface area contributed by atoms with Gasteiger partial charge in [-0.25, -0.2) is 0 Å². The first-order chi connectivity index (χ1) is 16.6. The van der Waals surface area contributed by atoms with Gasteiger partial charge in [0.1, 0.15) is 0 Å². The number of rotatable bonds is 14. The molecule has 2 aliphatic carbocycles. The van der Waals surface area contributed by atoms with E-state index in [9.17, 15) is 0 Å². The number of hydrogen-bond acceptors (Lipinski definition) is 2. The van der Waals surface area contributed by atoms with Gasteiger partial charge in [-0.1, -0.05) is 106 Å². The second-order valence-electron chi connectivity index (χ2n) is 11.0. The summed E-state index contributed by atoms with van der Waals surface area (Å²) in [6.07, 6.45) is 18.9. The van der Waals surface area contributed by atoms with Crippen LogP contribution in [-0.4, -0.2) is 17.6 Å². The summed E-state index contributed by atoms with van der Waals surface area (Å²) in [5.41, 5.74) is 3.15. The maximum atomic E-state index is 6.41. The van der Waals surface area contributed by atoms with Gasteiger partial charge in [0.25, 0.3) is 0 Å². The Hall–Kier alpha value is -1.35. The van der Waals surface area contributed by atoms with Crippen LogP contribution in [0, 0.1) is 0 Å². The fourth-order valence-electron chi connectivity index (χ4n) is 6.54. The summed E-state index contributed by atoms with van der Waals surface area (Å²) in [7, 11) is 0. The normalized spacial score (nSPS) is 24.9. The topological polar surface area (TPSA) is 24.1 Å². The van der Waals surface area contributed by atoms with E-state index in [2.05, 4.69) is 66.1 Å². The van der Waals surface area contributed by atoms with Crippen molar-refractivity contribution in [2.24, 2.45) is 0 Å². The van der Waals surface area contributed by atoms with Gasteiger partial charge in [-0.05, 0) is 74.8 Å². The lowest BCUT2D eigenvalue weighted by Gasteiger charge is -2.43. The smallest absolute Gasteiger partial charge is 0.0581 e. The van der Waals surface area contributed by atoms with Gasteiger partial charge in [-0.3, -0.25) is 0 Å². The third-order valence-electron chi connectivity index (χ3n) is 8.37. The van der Waals surface area contributed by atoms with Gasteiger partial charge in [-0.15, -0.1) is 0 Å². The summed E-state index contributed by atoms with van der Waals surface area (Å²) in [5.74, 6) is 0. The molecular weight excluding hydrogens is 436 g/mol. The average Bonchev–Trinajstić information content (AvgIpc) is 3.12. The first-order valence-corrected chi connectivity index (χ1v) is 14.3. The Morgan fingerprint density at radius 1 is 0.765 bits per heavy atom. The van der Waals surface area contributed by atoms with E-state index in [4.69, 9.17) is 11.6 Å². The summed E-state index contributed by atoms with van der Waals surface area (Å²) < 4.78 is 0. The SMILES string of the molecule is CCCCCCCCCCN[C@@]12CCC[C@@](NC(c3ccccc3)c3cccc(Cl)c3)(CC1)C2. The molecule has 2 bridgehead atoms. The van der Waals surface area contributed by atoms with Crippen LogP contribution in [0.5, 0.6) is 0 Å². The number of hydrogen-bond donors (Lipinski definition) is 2. The van der Waals surface area contributed by atoms with E-state index < -0.39 is 0 Å². The van der Waals surface area contributed by atoms with Crippen LogP contribution in [0.3, 0.4) is 0 Å². The van der Waals surface area contributed by atoms with Crippen LogP contribution in [0.25, 0.3) is 0 Å².